The van der Waals surface area contributed by atoms with E-state index in [1.165, 1.54) is 17.5 Å². The van der Waals surface area contributed by atoms with E-state index in [1.54, 1.807) is 7.11 Å². The molecule has 0 aromatic heterocycles. The molecule has 1 aliphatic carbocycles. The van der Waals surface area contributed by atoms with E-state index in [4.69, 9.17) is 10.5 Å². The van der Waals surface area contributed by atoms with Crippen LogP contribution in [0.5, 0.6) is 0 Å². The zero-order chi connectivity index (χ0) is 12.3. The zero-order valence-corrected chi connectivity index (χ0v) is 10.9. The molecule has 0 spiro atoms. The van der Waals surface area contributed by atoms with Crippen molar-refractivity contribution in [1.29, 1.82) is 0 Å². The van der Waals surface area contributed by atoms with Crippen molar-refractivity contribution in [3.63, 3.8) is 0 Å². The van der Waals surface area contributed by atoms with E-state index in [9.17, 15) is 0 Å². The van der Waals surface area contributed by atoms with Gasteiger partial charge in [-0.1, -0.05) is 31.2 Å². The van der Waals surface area contributed by atoms with E-state index in [1.807, 2.05) is 0 Å². The summed E-state index contributed by atoms with van der Waals surface area (Å²) in [6.07, 6.45) is 5.47. The molecule has 1 unspecified atom stereocenters. The average molecular weight is 233 g/mol. The monoisotopic (exact) mass is 233 g/mol. The van der Waals surface area contributed by atoms with E-state index >= 15 is 0 Å². The molecule has 94 valence electrons. The van der Waals surface area contributed by atoms with Gasteiger partial charge in [0.1, 0.15) is 0 Å². The highest BCUT2D eigenvalue weighted by molar-refractivity contribution is 5.24. The predicted molar refractivity (Wildman–Crippen MR) is 71.1 cm³/mol. The summed E-state index contributed by atoms with van der Waals surface area (Å²) < 4.78 is 5.63. The van der Waals surface area contributed by atoms with E-state index in [0.717, 1.165) is 25.7 Å². The van der Waals surface area contributed by atoms with Crippen LogP contribution < -0.4 is 5.73 Å². The lowest BCUT2D eigenvalue weighted by molar-refractivity contribution is -0.0897. The van der Waals surface area contributed by atoms with Crippen LogP contribution >= 0.6 is 0 Å². The number of methoxy groups -OCH3 is 1. The van der Waals surface area contributed by atoms with Crippen molar-refractivity contribution in [2.45, 2.75) is 50.7 Å². The molecule has 1 aliphatic rings. The largest absolute Gasteiger partial charge is 0.377 e. The summed E-state index contributed by atoms with van der Waals surface area (Å²) >= 11 is 0. The van der Waals surface area contributed by atoms with Gasteiger partial charge in [-0.05, 0) is 43.2 Å². The summed E-state index contributed by atoms with van der Waals surface area (Å²) in [4.78, 5) is 0. The fourth-order valence-electron chi connectivity index (χ4n) is 2.60. The van der Waals surface area contributed by atoms with Gasteiger partial charge in [-0.15, -0.1) is 0 Å². The molecule has 2 nitrogen and oxygen atoms in total. The Bertz CT molecular complexity index is 348. The fraction of sp³-hybridized carbons (Fsp3) is 0.600. The zero-order valence-electron chi connectivity index (χ0n) is 10.9. The first kappa shape index (κ1) is 12.6. The third kappa shape index (κ3) is 2.53. The van der Waals surface area contributed by atoms with Gasteiger partial charge in [-0.3, -0.25) is 0 Å². The van der Waals surface area contributed by atoms with E-state index in [2.05, 4.69) is 31.2 Å². The fourth-order valence-corrected chi connectivity index (χ4v) is 2.60. The minimum absolute atomic E-state index is 0.0522. The van der Waals surface area contributed by atoms with E-state index < -0.39 is 0 Å². The Labute approximate surface area is 104 Å². The molecule has 1 saturated carbocycles. The molecule has 0 amide bonds. The summed E-state index contributed by atoms with van der Waals surface area (Å²) in [5, 5.41) is 0. The molecule has 17 heavy (non-hydrogen) atoms. The third-order valence-electron chi connectivity index (χ3n) is 4.17. The Hall–Kier alpha value is -0.860. The molecule has 0 aliphatic heterocycles. The molecule has 2 rings (SSSR count). The highest BCUT2D eigenvalue weighted by atomic mass is 16.5. The third-order valence-corrected chi connectivity index (χ3v) is 4.17. The van der Waals surface area contributed by atoms with Gasteiger partial charge in [0, 0.05) is 13.2 Å². The molecular weight excluding hydrogens is 210 g/mol. The Morgan fingerprint density at radius 2 is 1.82 bits per heavy atom. The second-order valence-corrected chi connectivity index (χ2v) is 5.10. The maximum Gasteiger partial charge on any atom is 0.0832 e. The van der Waals surface area contributed by atoms with Gasteiger partial charge < -0.3 is 10.5 Å². The minimum atomic E-state index is -0.0522. The van der Waals surface area contributed by atoms with Crippen LogP contribution in [0.1, 0.15) is 37.3 Å². The predicted octanol–water partition coefficient (Wildman–Crippen LogP) is 2.69. The molecule has 1 fully saturated rings. The Morgan fingerprint density at radius 3 is 2.24 bits per heavy atom. The molecule has 0 saturated heterocycles. The van der Waals surface area contributed by atoms with Crippen molar-refractivity contribution < 1.29 is 4.74 Å². The first-order valence-electron chi connectivity index (χ1n) is 6.59. The van der Waals surface area contributed by atoms with Crippen molar-refractivity contribution in [3.05, 3.63) is 35.4 Å². The maximum absolute atomic E-state index is 6.30. The Morgan fingerprint density at radius 1 is 1.24 bits per heavy atom. The number of hydrogen-bond donors (Lipinski definition) is 1. The van der Waals surface area contributed by atoms with Gasteiger partial charge in [0.2, 0.25) is 0 Å². The number of aryl methyl sites for hydroxylation is 1. The lowest BCUT2D eigenvalue weighted by Gasteiger charge is -2.45. The highest BCUT2D eigenvalue weighted by Gasteiger charge is 2.42. The molecule has 1 aromatic rings. The van der Waals surface area contributed by atoms with Crippen molar-refractivity contribution in [2.75, 3.05) is 7.11 Å². The normalized spacial score (nSPS) is 19.7. The number of rotatable bonds is 5. The van der Waals surface area contributed by atoms with Gasteiger partial charge >= 0.3 is 0 Å². The van der Waals surface area contributed by atoms with Crippen LogP contribution in [0.15, 0.2) is 24.3 Å². The van der Waals surface area contributed by atoms with Gasteiger partial charge in [-0.2, -0.15) is 0 Å². The molecule has 0 heterocycles. The molecule has 1 atom stereocenters. The number of benzene rings is 1. The summed E-state index contributed by atoms with van der Waals surface area (Å²) in [6, 6.07) is 8.90. The summed E-state index contributed by atoms with van der Waals surface area (Å²) in [7, 11) is 1.79. The molecule has 2 heteroatoms. The van der Waals surface area contributed by atoms with Crippen molar-refractivity contribution in [3.8, 4) is 0 Å². The first-order chi connectivity index (χ1) is 8.20. The Kier molecular flexibility index (Phi) is 3.85. The second kappa shape index (κ2) is 5.19. The number of hydrogen-bond acceptors (Lipinski definition) is 2. The van der Waals surface area contributed by atoms with Crippen molar-refractivity contribution in [2.24, 2.45) is 5.73 Å². The van der Waals surface area contributed by atoms with Crippen LogP contribution in [0.4, 0.5) is 0 Å². The van der Waals surface area contributed by atoms with Crippen LogP contribution in [0.3, 0.4) is 0 Å². The van der Waals surface area contributed by atoms with Gasteiger partial charge in [0.05, 0.1) is 5.60 Å². The number of nitrogens with two attached hydrogens (primary N) is 1. The number of ether oxygens (including phenoxy) is 1. The van der Waals surface area contributed by atoms with Crippen LogP contribution in [-0.4, -0.2) is 18.8 Å². The first-order valence-corrected chi connectivity index (χ1v) is 6.59. The maximum atomic E-state index is 6.30. The average Bonchev–Trinajstić information content (AvgIpc) is 2.29. The van der Waals surface area contributed by atoms with Gasteiger partial charge in [0.25, 0.3) is 0 Å². The Balaban J connectivity index is 1.99. The van der Waals surface area contributed by atoms with Gasteiger partial charge in [-0.25, -0.2) is 0 Å². The standard InChI is InChI=1S/C15H23NO/c1-3-12-5-7-13(8-6-12)11-14(16)15(17-2)9-4-10-15/h5-8,14H,3-4,9-11,16H2,1-2H3. The highest BCUT2D eigenvalue weighted by Crippen LogP contribution is 2.38. The quantitative estimate of drug-likeness (QED) is 0.848. The summed E-state index contributed by atoms with van der Waals surface area (Å²) in [6.45, 7) is 2.18. The molecule has 1 aromatic carbocycles. The molecular formula is C15H23NO. The minimum Gasteiger partial charge on any atom is -0.377 e. The van der Waals surface area contributed by atoms with Crippen molar-refractivity contribution >= 4 is 0 Å². The SMILES string of the molecule is CCc1ccc(CC(N)C2(OC)CCC2)cc1. The van der Waals surface area contributed by atoms with Crippen LogP contribution in [0.2, 0.25) is 0 Å². The van der Waals surface area contributed by atoms with Crippen LogP contribution in [-0.2, 0) is 17.6 Å². The summed E-state index contributed by atoms with van der Waals surface area (Å²) in [5.41, 5.74) is 8.95. The molecule has 0 radical (unpaired) electrons. The smallest absolute Gasteiger partial charge is 0.0832 e. The van der Waals surface area contributed by atoms with Crippen molar-refractivity contribution in [1.82, 2.24) is 0 Å². The molecule has 2 N–H and O–H groups in total. The topological polar surface area (TPSA) is 35.2 Å². The lowest BCUT2D eigenvalue weighted by atomic mass is 9.73. The molecule has 0 bridgehead atoms. The second-order valence-electron chi connectivity index (χ2n) is 5.10. The van der Waals surface area contributed by atoms with Gasteiger partial charge in [0.15, 0.2) is 0 Å². The van der Waals surface area contributed by atoms with Crippen LogP contribution in [0, 0.1) is 0 Å². The lowest BCUT2D eigenvalue weighted by Crippen LogP contribution is -2.55. The summed E-state index contributed by atoms with van der Waals surface area (Å²) in [5.74, 6) is 0. The van der Waals surface area contributed by atoms with Crippen LogP contribution in [0.25, 0.3) is 0 Å². The van der Waals surface area contributed by atoms with E-state index in [0.29, 0.717) is 0 Å². The van der Waals surface area contributed by atoms with E-state index in [-0.39, 0.29) is 11.6 Å².